The molecule has 0 unspecified atom stereocenters. The molecule has 1 amide bonds. The minimum atomic E-state index is -3.34. The van der Waals surface area contributed by atoms with E-state index in [4.69, 9.17) is 4.84 Å². The van der Waals surface area contributed by atoms with E-state index in [1.807, 2.05) is 0 Å². The maximum Gasteiger partial charge on any atom is 0.280 e. The third kappa shape index (κ3) is 6.57. The second-order valence-corrected chi connectivity index (χ2v) is 15.4. The molecule has 0 spiro atoms. The van der Waals surface area contributed by atoms with Crippen LogP contribution in [-0.2, 0) is 35.9 Å². The molecule has 2 saturated carbocycles. The van der Waals surface area contributed by atoms with Crippen LogP contribution in [0.25, 0.3) is 0 Å². The van der Waals surface area contributed by atoms with Gasteiger partial charge in [-0.1, -0.05) is 17.3 Å². The highest BCUT2D eigenvalue weighted by Crippen LogP contribution is 2.33. The summed E-state index contributed by atoms with van der Waals surface area (Å²) >= 11 is 1.32. The van der Waals surface area contributed by atoms with Crippen molar-refractivity contribution in [2.45, 2.75) is 61.3 Å². The van der Waals surface area contributed by atoms with E-state index < -0.39 is 25.6 Å². The molecule has 1 N–H and O–H groups in total. The van der Waals surface area contributed by atoms with Crippen molar-refractivity contribution in [3.63, 3.8) is 0 Å². The van der Waals surface area contributed by atoms with Gasteiger partial charge in [-0.2, -0.15) is 0 Å². The number of hydrogen-bond acceptors (Lipinski definition) is 10. The van der Waals surface area contributed by atoms with Gasteiger partial charge in [0.15, 0.2) is 30.5 Å². The van der Waals surface area contributed by atoms with Crippen LogP contribution in [0, 0.1) is 0 Å². The number of oxime groups is 1. The first-order chi connectivity index (χ1) is 17.7. The number of nitrogens with zero attached hydrogens (tertiary/aromatic N) is 3. The number of carbonyl (C=O) groups is 1. The third-order valence-corrected chi connectivity index (χ3v) is 11.6. The average Bonchev–Trinajstić information content (AvgIpc) is 3.45. The molecule has 1 aromatic heterocycles. The summed E-state index contributed by atoms with van der Waals surface area (Å²) in [5.74, 6) is -0.200. The SMILES string of the molecule is O=C(Nc1ncc(CN2CCS(=O)(=O)CC2)s1)/C(=N/OC1CCCC1)c1ccc(S(=O)(=O)C2CC2)cc1. The zero-order valence-electron chi connectivity index (χ0n) is 20.3. The number of benzene rings is 1. The molecule has 1 aromatic carbocycles. The highest BCUT2D eigenvalue weighted by atomic mass is 32.2. The van der Waals surface area contributed by atoms with Crippen molar-refractivity contribution < 1.29 is 26.5 Å². The molecule has 37 heavy (non-hydrogen) atoms. The monoisotopic (exact) mass is 566 g/mol. The smallest absolute Gasteiger partial charge is 0.280 e. The summed E-state index contributed by atoms with van der Waals surface area (Å²) in [6.45, 7) is 1.51. The molecule has 0 bridgehead atoms. The Morgan fingerprint density at radius 1 is 1.11 bits per heavy atom. The van der Waals surface area contributed by atoms with Gasteiger partial charge in [-0.05, 0) is 50.7 Å². The van der Waals surface area contributed by atoms with E-state index in [0.29, 0.717) is 43.2 Å². The number of rotatable bonds is 9. The van der Waals surface area contributed by atoms with Gasteiger partial charge >= 0.3 is 0 Å². The Balaban J connectivity index is 1.29. The third-order valence-electron chi connectivity index (χ3n) is 6.82. The van der Waals surface area contributed by atoms with Crippen molar-refractivity contribution in [3.05, 3.63) is 40.9 Å². The Bertz CT molecular complexity index is 1360. The van der Waals surface area contributed by atoms with Gasteiger partial charge in [0, 0.05) is 36.3 Å². The van der Waals surface area contributed by atoms with Crippen LogP contribution in [0.3, 0.4) is 0 Å². The predicted octanol–water partition coefficient (Wildman–Crippen LogP) is 2.61. The molecule has 0 atom stereocenters. The van der Waals surface area contributed by atoms with Crippen LogP contribution >= 0.6 is 11.3 Å². The summed E-state index contributed by atoms with van der Waals surface area (Å²) in [5, 5.41) is 7.06. The Kier molecular flexibility index (Phi) is 7.66. The van der Waals surface area contributed by atoms with Gasteiger partial charge in [-0.3, -0.25) is 15.0 Å². The number of anilines is 1. The minimum absolute atomic E-state index is 0.0443. The van der Waals surface area contributed by atoms with Crippen LogP contribution in [0.2, 0.25) is 0 Å². The average molecular weight is 567 g/mol. The summed E-state index contributed by atoms with van der Waals surface area (Å²) in [4.78, 5) is 26.4. The molecule has 5 rings (SSSR count). The molecule has 0 radical (unpaired) electrons. The highest BCUT2D eigenvalue weighted by Gasteiger charge is 2.37. The lowest BCUT2D eigenvalue weighted by Gasteiger charge is -2.25. The predicted molar refractivity (Wildman–Crippen MR) is 141 cm³/mol. The Morgan fingerprint density at radius 3 is 2.43 bits per heavy atom. The molecule has 13 heteroatoms. The fraction of sp³-hybridized carbons (Fsp3) is 0.542. The lowest BCUT2D eigenvalue weighted by Crippen LogP contribution is -2.39. The summed E-state index contributed by atoms with van der Waals surface area (Å²) < 4.78 is 48.4. The number of hydrogen-bond donors (Lipinski definition) is 1. The summed E-state index contributed by atoms with van der Waals surface area (Å²) in [7, 11) is -6.28. The number of aromatic nitrogens is 1. The first kappa shape index (κ1) is 26.3. The quantitative estimate of drug-likeness (QED) is 0.362. The zero-order valence-corrected chi connectivity index (χ0v) is 22.8. The van der Waals surface area contributed by atoms with Gasteiger partial charge in [-0.15, -0.1) is 11.3 Å². The van der Waals surface area contributed by atoms with Crippen molar-refractivity contribution >= 4 is 47.8 Å². The molecule has 2 heterocycles. The largest absolute Gasteiger partial charge is 0.392 e. The van der Waals surface area contributed by atoms with Gasteiger partial charge in [0.1, 0.15) is 6.10 Å². The van der Waals surface area contributed by atoms with Gasteiger partial charge in [0.2, 0.25) is 0 Å². The molecule has 200 valence electrons. The normalized spacial score (nSPS) is 21.1. The Hall–Kier alpha value is -2.35. The van der Waals surface area contributed by atoms with E-state index in [-0.39, 0.29) is 33.5 Å². The fourth-order valence-corrected chi connectivity index (χ4v) is 8.23. The van der Waals surface area contributed by atoms with Crippen LogP contribution in [0.5, 0.6) is 0 Å². The van der Waals surface area contributed by atoms with Crippen LogP contribution in [0.1, 0.15) is 49.0 Å². The van der Waals surface area contributed by atoms with E-state index in [1.165, 1.54) is 23.5 Å². The van der Waals surface area contributed by atoms with Crippen molar-refractivity contribution in [1.82, 2.24) is 9.88 Å². The van der Waals surface area contributed by atoms with Crippen molar-refractivity contribution in [3.8, 4) is 0 Å². The van der Waals surface area contributed by atoms with E-state index in [2.05, 4.69) is 20.4 Å². The number of sulfone groups is 2. The van der Waals surface area contributed by atoms with E-state index in [9.17, 15) is 21.6 Å². The molecule has 10 nitrogen and oxygen atoms in total. The maximum atomic E-state index is 13.2. The Labute approximate surface area is 220 Å². The van der Waals surface area contributed by atoms with Crippen LogP contribution in [-0.4, -0.2) is 74.3 Å². The number of thiazole rings is 1. The second-order valence-electron chi connectivity index (χ2n) is 9.73. The van der Waals surface area contributed by atoms with Crippen molar-refractivity contribution in [1.29, 1.82) is 0 Å². The lowest BCUT2D eigenvalue weighted by molar-refractivity contribution is -0.110. The number of amides is 1. The van der Waals surface area contributed by atoms with Crippen molar-refractivity contribution in [2.24, 2.45) is 5.16 Å². The second kappa shape index (κ2) is 10.8. The molecule has 3 fully saturated rings. The molecular weight excluding hydrogens is 536 g/mol. The first-order valence-corrected chi connectivity index (χ1v) is 16.6. The summed E-state index contributed by atoms with van der Waals surface area (Å²) in [5.41, 5.74) is 0.511. The van der Waals surface area contributed by atoms with E-state index in [0.717, 1.165) is 30.6 Å². The van der Waals surface area contributed by atoms with Gasteiger partial charge in [0.25, 0.3) is 5.91 Å². The summed E-state index contributed by atoms with van der Waals surface area (Å²) in [6, 6.07) is 6.20. The van der Waals surface area contributed by atoms with Gasteiger partial charge < -0.3 is 4.84 Å². The van der Waals surface area contributed by atoms with Crippen LogP contribution < -0.4 is 5.32 Å². The Morgan fingerprint density at radius 2 is 1.78 bits per heavy atom. The molecule has 2 aliphatic carbocycles. The maximum absolute atomic E-state index is 13.2. The molecular formula is C24H30N4O6S3. The molecule has 2 aromatic rings. The minimum Gasteiger partial charge on any atom is -0.392 e. The summed E-state index contributed by atoms with van der Waals surface area (Å²) in [6.07, 6.45) is 6.86. The molecule has 3 aliphatic rings. The van der Waals surface area contributed by atoms with E-state index in [1.54, 1.807) is 18.3 Å². The van der Waals surface area contributed by atoms with Gasteiger partial charge in [0.05, 0.1) is 21.7 Å². The first-order valence-electron chi connectivity index (χ1n) is 12.5. The van der Waals surface area contributed by atoms with Crippen LogP contribution in [0.15, 0.2) is 40.5 Å². The van der Waals surface area contributed by atoms with Crippen LogP contribution in [0.4, 0.5) is 5.13 Å². The topological polar surface area (TPSA) is 135 Å². The highest BCUT2D eigenvalue weighted by molar-refractivity contribution is 7.92. The fourth-order valence-electron chi connectivity index (χ4n) is 4.44. The van der Waals surface area contributed by atoms with E-state index >= 15 is 0 Å². The molecule has 1 aliphatic heterocycles. The zero-order chi connectivity index (χ0) is 26.0. The standard InChI is InChI=1S/C24H30N4O6S3/c29-23(26-24-25-15-19(35-24)16-28-11-13-36(30,31)14-12-28)22(27-34-18-3-1-2-4-18)17-5-7-20(8-6-17)37(32,33)21-9-10-21/h5-8,15,18,21H,1-4,9-14,16H2,(H,25,26,29)/b27-22+. The lowest BCUT2D eigenvalue weighted by atomic mass is 10.1. The number of nitrogens with one attached hydrogen (secondary N) is 1. The van der Waals surface area contributed by atoms with Crippen molar-refractivity contribution in [2.75, 3.05) is 29.9 Å². The van der Waals surface area contributed by atoms with Gasteiger partial charge in [-0.25, -0.2) is 21.8 Å². The number of carbonyl (C=O) groups excluding carboxylic acids is 1. The molecule has 1 saturated heterocycles.